The topological polar surface area (TPSA) is 389 Å². The molecule has 12 atom stereocenters. The van der Waals surface area contributed by atoms with Crippen molar-refractivity contribution in [1.29, 1.82) is 0 Å². The molecule has 0 radical (unpaired) electrons. The van der Waals surface area contributed by atoms with Crippen LogP contribution < -0.4 is 10.6 Å². The molecule has 0 aliphatic rings. The molecule has 0 aromatic carbocycles. The van der Waals surface area contributed by atoms with E-state index in [4.69, 9.17) is 30.8 Å². The zero-order chi connectivity index (χ0) is 67.0. The van der Waals surface area contributed by atoms with E-state index >= 15 is 0 Å². The van der Waals surface area contributed by atoms with Gasteiger partial charge in [0.15, 0.2) is 23.8 Å². The molecule has 3 aromatic heterocycles. The molecular weight excluding hydrogens is 1190 g/mol. The van der Waals surface area contributed by atoms with Crippen LogP contribution in [0.2, 0.25) is 0 Å². The molecule has 0 saturated carbocycles. The largest absolute Gasteiger partial charge is 0.464 e. The van der Waals surface area contributed by atoms with Crippen LogP contribution in [-0.4, -0.2) is 131 Å². The fourth-order valence-corrected chi connectivity index (χ4v) is 11.2. The Bertz CT molecular complexity index is 2710. The highest BCUT2D eigenvalue weighted by molar-refractivity contribution is 7.10. The lowest BCUT2D eigenvalue weighted by atomic mass is 9.91. The van der Waals surface area contributed by atoms with Crippen LogP contribution in [0, 0.1) is 35.5 Å². The van der Waals surface area contributed by atoms with Crippen LogP contribution in [0.15, 0.2) is 31.5 Å². The molecule has 1 unspecified atom stereocenters. The number of carbonyl (C=O) groups is 7. The van der Waals surface area contributed by atoms with Gasteiger partial charge in [-0.05, 0) is 71.4 Å². The molecule has 3 N–H and O–H groups in total. The number of aliphatic hydroxyl groups is 1. The zero-order valence-electron chi connectivity index (χ0n) is 54.2. The van der Waals surface area contributed by atoms with Gasteiger partial charge in [-0.3, -0.25) is 19.2 Å². The average Bonchev–Trinajstić information content (AvgIpc) is 2.13. The smallest absolute Gasteiger partial charge is 0.357 e. The Labute approximate surface area is 529 Å². The van der Waals surface area contributed by atoms with E-state index in [1.807, 2.05) is 104 Å². The second kappa shape index (κ2) is 41.3. The molecule has 88 heavy (non-hydrogen) atoms. The quantitative estimate of drug-likeness (QED) is 0.0125. The van der Waals surface area contributed by atoms with E-state index in [1.165, 1.54) is 54.3 Å². The Kier molecular flexibility index (Phi) is 37.1. The van der Waals surface area contributed by atoms with Gasteiger partial charge in [-0.1, -0.05) is 138 Å². The third kappa shape index (κ3) is 25.7. The molecule has 0 fully saturated rings. The van der Waals surface area contributed by atoms with Gasteiger partial charge < -0.3 is 39.6 Å². The Balaban J connectivity index is 0.000000667. The molecule has 3 amide bonds. The molecule has 0 aliphatic heterocycles. The van der Waals surface area contributed by atoms with Crippen LogP contribution in [0.3, 0.4) is 0 Å². The number of rotatable bonds is 34. The second-order valence-corrected chi connectivity index (χ2v) is 25.2. The molecule has 3 rings (SSSR count). The summed E-state index contributed by atoms with van der Waals surface area (Å²) in [4.78, 5) is 109. The van der Waals surface area contributed by atoms with Crippen LogP contribution in [-0.2, 0) is 38.1 Å². The van der Waals surface area contributed by atoms with Crippen LogP contribution in [0.1, 0.15) is 220 Å². The maximum atomic E-state index is 13.6. The Morgan fingerprint density at radius 2 is 0.920 bits per heavy atom. The number of hydrogen-bond acceptors (Lipinski definition) is 21. The summed E-state index contributed by atoms with van der Waals surface area (Å²) in [6, 6.07) is -3.19. The van der Waals surface area contributed by atoms with Crippen molar-refractivity contribution < 1.29 is 57.6 Å². The van der Waals surface area contributed by atoms with Crippen molar-refractivity contribution >= 4 is 75.6 Å². The van der Waals surface area contributed by atoms with E-state index in [1.54, 1.807) is 10.8 Å². The van der Waals surface area contributed by atoms with E-state index in [2.05, 4.69) is 60.4 Å². The molecule has 0 saturated heterocycles. The van der Waals surface area contributed by atoms with Gasteiger partial charge in [0, 0.05) is 73.7 Å². The number of aromatic nitrogens is 3. The summed E-state index contributed by atoms with van der Waals surface area (Å²) < 4.78 is 19.5. The summed E-state index contributed by atoms with van der Waals surface area (Å²) in [7, 11) is 3.90. The van der Waals surface area contributed by atoms with E-state index in [9.17, 15) is 38.7 Å². The number of nitrogens with one attached hydrogen (secondary N) is 2. The predicted molar refractivity (Wildman–Crippen MR) is 338 cm³/mol. The third-order valence-corrected chi connectivity index (χ3v) is 18.1. The number of carbonyl (C=O) groups excluding carboxylic acids is 7. The first-order valence-electron chi connectivity index (χ1n) is 29.6. The lowest BCUT2D eigenvalue weighted by Gasteiger charge is -2.37. The normalized spacial score (nSPS) is 15.0. The van der Waals surface area contributed by atoms with E-state index < -0.39 is 42.1 Å². The fraction of sp³-hybridized carbons (Fsp3) is 0.724. The molecule has 3 aromatic rings. The molecular formula is C58H93N15O12S3. The third-order valence-electron chi connectivity index (χ3n) is 15.0. The Morgan fingerprint density at radius 1 is 0.557 bits per heavy atom. The molecule has 0 aliphatic carbocycles. The van der Waals surface area contributed by atoms with Crippen molar-refractivity contribution in [3.05, 3.63) is 79.6 Å². The number of hydrogen-bond donors (Lipinski definition) is 3. The van der Waals surface area contributed by atoms with Crippen molar-refractivity contribution in [3.63, 3.8) is 0 Å². The molecule has 0 bridgehead atoms. The van der Waals surface area contributed by atoms with Gasteiger partial charge in [0.2, 0.25) is 17.7 Å². The van der Waals surface area contributed by atoms with E-state index in [0.29, 0.717) is 42.8 Å². The number of nitrogens with zero attached hydrogens (tertiary/aromatic N) is 13. The first kappa shape index (κ1) is 79.1. The first-order valence-corrected chi connectivity index (χ1v) is 32.2. The van der Waals surface area contributed by atoms with E-state index in [-0.39, 0.29) is 120 Å². The number of esters is 4. The standard InChI is InChI=1S/C23H37N5O5S.C18H29N5O3S.C17H27N5O4S/c1-8-10-19(29)33-13-28(22(30)20(26-27-24)15(5)9-2)18(14(3)4)11-16(6)21-25-17(12-34-21)23(31)32-7;1-7-11(4)15(22-23-19)16(24)20-13(10(2)3)8-12(5)17-21-14(9-27-17)18(25)26-6;1-6-10(4)14(21-22-18)15(24)19-11(9(2)3)7-13(23)16-20-12(8-27-16)17(25)26-5/h12,14-16,18,20H,8-11,13H2,1-7H3;9-13,15H,7-8H2,1-6H3,(H,20,24);8-11,13-14,23H,6-7H2,1-5H3,(H,19,24)/t15-,16+,18+,20-;11-,12+,13+,15?;10-,11+,13+,14-/m000/s1. The number of aliphatic hydroxyl groups excluding tert-OH is 1. The Morgan fingerprint density at radius 3 is 1.28 bits per heavy atom. The highest BCUT2D eigenvalue weighted by Gasteiger charge is 2.36. The molecule has 30 heteroatoms. The number of amides is 3. The minimum atomic E-state index is -0.942. The van der Waals surface area contributed by atoms with Gasteiger partial charge in [-0.15, -0.1) is 34.0 Å². The van der Waals surface area contributed by atoms with Gasteiger partial charge in [-0.25, -0.2) is 29.3 Å². The number of azide groups is 3. The molecule has 27 nitrogen and oxygen atoms in total. The van der Waals surface area contributed by atoms with Gasteiger partial charge >= 0.3 is 23.9 Å². The molecule has 0 spiro atoms. The average molecular weight is 1290 g/mol. The molecule has 490 valence electrons. The summed E-state index contributed by atoms with van der Waals surface area (Å²) in [6.07, 6.45) is 3.45. The van der Waals surface area contributed by atoms with Gasteiger partial charge in [-0.2, -0.15) is 0 Å². The van der Waals surface area contributed by atoms with Crippen molar-refractivity contribution in [2.75, 3.05) is 28.1 Å². The lowest BCUT2D eigenvalue weighted by molar-refractivity contribution is -0.157. The number of methoxy groups -OCH3 is 3. The van der Waals surface area contributed by atoms with Crippen molar-refractivity contribution in [3.8, 4) is 0 Å². The van der Waals surface area contributed by atoms with Crippen LogP contribution in [0.25, 0.3) is 31.3 Å². The van der Waals surface area contributed by atoms with Crippen molar-refractivity contribution in [1.82, 2.24) is 30.5 Å². The summed E-state index contributed by atoms with van der Waals surface area (Å²) >= 11 is 3.92. The summed E-state index contributed by atoms with van der Waals surface area (Å²) in [5.74, 6) is -2.97. The SMILES string of the molecule is CCCC(=O)OCN(C(=O)[C@@H](N=[N+]=[N-])[C@@H](C)CC)[C@H](C[C@@H](C)c1nc(C(=O)OC)cs1)C(C)C.CC[C@H](C)C(N=[N+]=[N-])C(=O)N[C@H](C[C@@H](C)c1nc(C(=O)OC)cs1)C(C)C.CC[C@H](C)[C@H](N=[N+]=[N-])C(=O)N[C@H](C[C@@H](O)c1nc(C(=O)OC)cs1)C(C)C. The first-order chi connectivity index (χ1) is 41.6. The zero-order valence-corrected chi connectivity index (χ0v) is 56.7. The summed E-state index contributed by atoms with van der Waals surface area (Å²) in [6.45, 7) is 28.9. The van der Waals surface area contributed by atoms with Crippen LogP contribution in [0.5, 0.6) is 0 Å². The maximum Gasteiger partial charge on any atom is 0.357 e. The number of thiazole rings is 3. The summed E-state index contributed by atoms with van der Waals surface area (Å²) in [5, 5.41) is 34.3. The van der Waals surface area contributed by atoms with Crippen molar-refractivity contribution in [2.24, 2.45) is 50.9 Å². The Hall–Kier alpha value is -6.93. The second-order valence-electron chi connectivity index (χ2n) is 22.6. The minimum absolute atomic E-state index is 0.0139. The predicted octanol–water partition coefficient (Wildman–Crippen LogP) is 12.8. The highest BCUT2D eigenvalue weighted by atomic mass is 32.1. The fourth-order valence-electron chi connectivity index (χ4n) is 8.64. The van der Waals surface area contributed by atoms with Crippen LogP contribution >= 0.6 is 34.0 Å². The van der Waals surface area contributed by atoms with Crippen LogP contribution in [0.4, 0.5) is 0 Å². The highest BCUT2D eigenvalue weighted by Crippen LogP contribution is 2.32. The van der Waals surface area contributed by atoms with Gasteiger partial charge in [0.05, 0.1) is 31.3 Å². The maximum absolute atomic E-state index is 13.6. The van der Waals surface area contributed by atoms with Gasteiger partial charge in [0.25, 0.3) is 0 Å². The van der Waals surface area contributed by atoms with Gasteiger partial charge in [0.1, 0.15) is 29.2 Å². The monoisotopic (exact) mass is 1290 g/mol. The lowest BCUT2D eigenvalue weighted by Crippen LogP contribution is -2.50. The van der Waals surface area contributed by atoms with E-state index in [0.717, 1.165) is 27.8 Å². The molecule has 3 heterocycles. The number of ether oxygens (including phenoxy) is 4. The summed E-state index contributed by atoms with van der Waals surface area (Å²) in [5.41, 5.74) is 27.3. The van der Waals surface area contributed by atoms with Crippen molar-refractivity contribution in [2.45, 2.75) is 209 Å². The minimum Gasteiger partial charge on any atom is -0.464 e.